The average molecular weight is 265 g/mol. The molecule has 0 saturated heterocycles. The van der Waals surface area contributed by atoms with Gasteiger partial charge in [-0.05, 0) is 24.3 Å². The van der Waals surface area contributed by atoms with Gasteiger partial charge in [-0.2, -0.15) is 0 Å². The molecule has 0 aliphatic carbocycles. The highest BCUT2D eigenvalue weighted by atomic mass is 16.5. The van der Waals surface area contributed by atoms with Crippen LogP contribution in [-0.2, 0) is 4.74 Å². The zero-order chi connectivity index (χ0) is 14.4. The second kappa shape index (κ2) is 6.30. The van der Waals surface area contributed by atoms with Crippen LogP contribution in [0.3, 0.4) is 0 Å². The van der Waals surface area contributed by atoms with Crippen molar-refractivity contribution in [2.75, 3.05) is 7.11 Å². The van der Waals surface area contributed by atoms with Gasteiger partial charge in [-0.3, -0.25) is 4.79 Å². The predicted octanol–water partition coefficient (Wildman–Crippen LogP) is 2.08. The summed E-state index contributed by atoms with van der Waals surface area (Å²) < 4.78 is 4.60. The number of aldehydes is 1. The number of ether oxygens (including phenoxy) is 1. The number of hydrogen-bond donors (Lipinski definition) is 0. The maximum absolute atomic E-state index is 11.3. The summed E-state index contributed by atoms with van der Waals surface area (Å²) in [6.07, 6.45) is 2.29. The van der Waals surface area contributed by atoms with Gasteiger partial charge in [0.2, 0.25) is 0 Å². The molecule has 98 valence electrons. The Kier molecular flexibility index (Phi) is 4.25. The van der Waals surface area contributed by atoms with E-state index in [1.165, 1.54) is 13.3 Å². The molecule has 1 aromatic heterocycles. The van der Waals surface area contributed by atoms with Gasteiger partial charge in [0, 0.05) is 22.9 Å². The molecule has 4 heteroatoms. The summed E-state index contributed by atoms with van der Waals surface area (Å²) in [6, 6.07) is 10.2. The molecule has 2 aromatic rings. The van der Waals surface area contributed by atoms with Gasteiger partial charge in [-0.15, -0.1) is 0 Å². The summed E-state index contributed by atoms with van der Waals surface area (Å²) in [5.74, 6) is 5.39. The second-order valence-electron chi connectivity index (χ2n) is 3.91. The van der Waals surface area contributed by atoms with Crippen molar-refractivity contribution in [2.45, 2.75) is 0 Å². The number of nitrogens with zero attached hydrogens (tertiary/aromatic N) is 1. The summed E-state index contributed by atoms with van der Waals surface area (Å²) in [6.45, 7) is 0. The molecule has 0 N–H and O–H groups in total. The number of esters is 1. The highest BCUT2D eigenvalue weighted by Crippen LogP contribution is 2.04. The molecule has 0 atom stereocenters. The first-order valence-corrected chi connectivity index (χ1v) is 5.84. The Balaban J connectivity index is 2.23. The Bertz CT molecular complexity index is 694. The number of rotatable bonds is 2. The van der Waals surface area contributed by atoms with E-state index < -0.39 is 5.97 Å². The van der Waals surface area contributed by atoms with Gasteiger partial charge in [0.05, 0.1) is 7.11 Å². The summed E-state index contributed by atoms with van der Waals surface area (Å²) >= 11 is 0. The molecule has 0 radical (unpaired) electrons. The first kappa shape index (κ1) is 13.5. The van der Waals surface area contributed by atoms with Gasteiger partial charge in [0.15, 0.2) is 0 Å². The fourth-order valence-electron chi connectivity index (χ4n) is 1.51. The number of methoxy groups -OCH3 is 1. The lowest BCUT2D eigenvalue weighted by atomic mass is 10.1. The molecule has 0 bridgehead atoms. The fraction of sp³-hybridized carbons (Fsp3) is 0.0625. The van der Waals surface area contributed by atoms with Gasteiger partial charge in [-0.1, -0.05) is 24.0 Å². The molecular weight excluding hydrogens is 254 g/mol. The summed E-state index contributed by atoms with van der Waals surface area (Å²) in [4.78, 5) is 25.8. The molecule has 2 rings (SSSR count). The number of benzene rings is 1. The van der Waals surface area contributed by atoms with E-state index in [1.807, 2.05) is 0 Å². The van der Waals surface area contributed by atoms with Crippen molar-refractivity contribution >= 4 is 12.3 Å². The molecule has 0 spiro atoms. The van der Waals surface area contributed by atoms with Crippen molar-refractivity contribution in [3.63, 3.8) is 0 Å². The van der Waals surface area contributed by atoms with Crippen LogP contribution in [0.1, 0.15) is 32.0 Å². The van der Waals surface area contributed by atoms with Crippen LogP contribution in [0, 0.1) is 11.8 Å². The van der Waals surface area contributed by atoms with Crippen LogP contribution < -0.4 is 0 Å². The zero-order valence-electron chi connectivity index (χ0n) is 10.8. The molecule has 0 aliphatic heterocycles. The topological polar surface area (TPSA) is 56.3 Å². The lowest BCUT2D eigenvalue weighted by molar-refractivity contribution is 0.0594. The molecule has 0 amide bonds. The largest absolute Gasteiger partial charge is 0.464 e. The van der Waals surface area contributed by atoms with E-state index in [2.05, 4.69) is 21.6 Å². The van der Waals surface area contributed by atoms with Gasteiger partial charge in [0.1, 0.15) is 12.0 Å². The van der Waals surface area contributed by atoms with Crippen LogP contribution in [0.5, 0.6) is 0 Å². The fourth-order valence-corrected chi connectivity index (χ4v) is 1.51. The van der Waals surface area contributed by atoms with Gasteiger partial charge < -0.3 is 4.74 Å². The molecule has 0 saturated carbocycles. The Morgan fingerprint density at radius 1 is 1.15 bits per heavy atom. The number of carbonyl (C=O) groups is 2. The Morgan fingerprint density at radius 3 is 2.50 bits per heavy atom. The maximum atomic E-state index is 11.3. The van der Waals surface area contributed by atoms with Crippen LogP contribution >= 0.6 is 0 Å². The van der Waals surface area contributed by atoms with E-state index in [4.69, 9.17) is 0 Å². The van der Waals surface area contributed by atoms with Crippen molar-refractivity contribution in [3.8, 4) is 11.8 Å². The predicted molar refractivity (Wildman–Crippen MR) is 73.4 cm³/mol. The first-order valence-electron chi connectivity index (χ1n) is 5.84. The van der Waals surface area contributed by atoms with E-state index in [0.717, 1.165) is 11.8 Å². The van der Waals surface area contributed by atoms with Crippen molar-refractivity contribution in [1.82, 2.24) is 4.98 Å². The van der Waals surface area contributed by atoms with Crippen molar-refractivity contribution in [3.05, 3.63) is 65.0 Å². The molecule has 0 fully saturated rings. The SMILES string of the molecule is COC(=O)c1cc(C#Cc2ccc(C=O)cc2)ccn1. The van der Waals surface area contributed by atoms with Gasteiger partial charge >= 0.3 is 5.97 Å². The van der Waals surface area contributed by atoms with E-state index in [9.17, 15) is 9.59 Å². The molecular formula is C16H11NO3. The van der Waals surface area contributed by atoms with E-state index >= 15 is 0 Å². The van der Waals surface area contributed by atoms with Crippen LogP contribution in [0.25, 0.3) is 0 Å². The Hall–Kier alpha value is -2.93. The third-order valence-electron chi connectivity index (χ3n) is 2.55. The third kappa shape index (κ3) is 3.30. The molecule has 1 heterocycles. The van der Waals surface area contributed by atoms with Gasteiger partial charge in [-0.25, -0.2) is 9.78 Å². The summed E-state index contributed by atoms with van der Waals surface area (Å²) in [5, 5.41) is 0. The first-order chi connectivity index (χ1) is 9.72. The van der Waals surface area contributed by atoms with Crippen LogP contribution in [0.15, 0.2) is 42.6 Å². The van der Waals surface area contributed by atoms with Crippen molar-refractivity contribution in [2.24, 2.45) is 0 Å². The number of carbonyl (C=O) groups excluding carboxylic acids is 2. The number of hydrogen-bond acceptors (Lipinski definition) is 4. The highest BCUT2D eigenvalue weighted by Gasteiger charge is 2.06. The maximum Gasteiger partial charge on any atom is 0.356 e. The lowest BCUT2D eigenvalue weighted by Crippen LogP contribution is -2.03. The molecule has 20 heavy (non-hydrogen) atoms. The lowest BCUT2D eigenvalue weighted by Gasteiger charge is -1.97. The molecule has 0 unspecified atom stereocenters. The average Bonchev–Trinajstić information content (AvgIpc) is 2.53. The standard InChI is InChI=1S/C16H11NO3/c1-20-16(19)15-10-13(8-9-17-15)5-2-12-3-6-14(11-18)7-4-12/h3-4,6-11H,1H3. The number of pyridine rings is 1. The minimum Gasteiger partial charge on any atom is -0.464 e. The van der Waals surface area contributed by atoms with Crippen molar-refractivity contribution < 1.29 is 14.3 Å². The molecule has 1 aromatic carbocycles. The normalized spacial score (nSPS) is 9.25. The number of aromatic nitrogens is 1. The summed E-state index contributed by atoms with van der Waals surface area (Å²) in [5.41, 5.74) is 2.27. The Morgan fingerprint density at radius 2 is 1.85 bits per heavy atom. The second-order valence-corrected chi connectivity index (χ2v) is 3.91. The zero-order valence-corrected chi connectivity index (χ0v) is 10.8. The van der Waals surface area contributed by atoms with Gasteiger partial charge in [0.25, 0.3) is 0 Å². The van der Waals surface area contributed by atoms with Crippen LogP contribution in [0.2, 0.25) is 0 Å². The molecule has 0 aliphatic rings. The minimum atomic E-state index is -0.496. The smallest absolute Gasteiger partial charge is 0.356 e. The highest BCUT2D eigenvalue weighted by molar-refractivity contribution is 5.87. The minimum absolute atomic E-state index is 0.218. The summed E-state index contributed by atoms with van der Waals surface area (Å²) in [7, 11) is 1.30. The molecule has 4 nitrogen and oxygen atoms in total. The van der Waals surface area contributed by atoms with E-state index in [-0.39, 0.29) is 5.69 Å². The van der Waals surface area contributed by atoms with E-state index in [1.54, 1.807) is 36.4 Å². The monoisotopic (exact) mass is 265 g/mol. The van der Waals surface area contributed by atoms with Crippen LogP contribution in [-0.4, -0.2) is 24.3 Å². The van der Waals surface area contributed by atoms with Crippen molar-refractivity contribution in [1.29, 1.82) is 0 Å². The Labute approximate surface area is 116 Å². The third-order valence-corrected chi connectivity index (χ3v) is 2.55. The quantitative estimate of drug-likeness (QED) is 0.474. The van der Waals surface area contributed by atoms with E-state index in [0.29, 0.717) is 11.1 Å². The van der Waals surface area contributed by atoms with Crippen LogP contribution in [0.4, 0.5) is 0 Å².